The number of carbonyl (C=O) groups is 4. The molecule has 2 aliphatic rings. The number of imide groups is 2. The van der Waals surface area contributed by atoms with Gasteiger partial charge in [0.25, 0.3) is 11.8 Å². The summed E-state index contributed by atoms with van der Waals surface area (Å²) >= 11 is 0. The molecule has 44 heavy (non-hydrogen) atoms. The molecule has 0 aliphatic carbocycles. The molecule has 250 valence electrons. The minimum absolute atomic E-state index is 0.0482. The van der Waals surface area contributed by atoms with E-state index in [1.165, 1.54) is 0 Å². The highest BCUT2D eigenvalue weighted by Gasteiger charge is 2.34. The van der Waals surface area contributed by atoms with Gasteiger partial charge in [-0.2, -0.15) is 0 Å². The Balaban J connectivity index is 1.61. The molecule has 0 aromatic rings. The summed E-state index contributed by atoms with van der Waals surface area (Å²) in [7, 11) is 0. The first kappa shape index (κ1) is 37.5. The standard InChI is InChI=1S/C28H45N3O13/c1-19-9-25(35)30(27(19)37)12-22(33)15-39-3-5-42-17-24(44-8-7-41-14-21(32)11-29)18-43-6-4-40-16-23(34)13-31-26(36)10-20(2)28(31)38/h21-24,32-34H,1-18,29H2. The van der Waals surface area contributed by atoms with Crippen LogP contribution >= 0.6 is 0 Å². The van der Waals surface area contributed by atoms with Crippen molar-refractivity contribution >= 4 is 23.6 Å². The Morgan fingerprint density at radius 2 is 0.977 bits per heavy atom. The van der Waals surface area contributed by atoms with Crippen molar-refractivity contribution in [3.63, 3.8) is 0 Å². The summed E-state index contributed by atoms with van der Waals surface area (Å²) < 4.78 is 33.0. The molecule has 16 heteroatoms. The van der Waals surface area contributed by atoms with Gasteiger partial charge in [0, 0.05) is 17.7 Å². The first-order valence-corrected chi connectivity index (χ1v) is 14.3. The van der Waals surface area contributed by atoms with Gasteiger partial charge in [0.15, 0.2) is 0 Å². The zero-order chi connectivity index (χ0) is 32.5. The number of nitrogens with zero attached hydrogens (tertiary/aromatic N) is 2. The molecule has 2 heterocycles. The van der Waals surface area contributed by atoms with E-state index >= 15 is 0 Å². The summed E-state index contributed by atoms with van der Waals surface area (Å²) in [5.74, 6) is -1.78. The maximum atomic E-state index is 11.9. The summed E-state index contributed by atoms with van der Waals surface area (Å²) in [5.41, 5.74) is 5.74. The number of β-amino-alcohol motifs (C(OH)–C–C–N with tert-alkyl or cyclic N) is 2. The molecule has 5 N–H and O–H groups in total. The van der Waals surface area contributed by atoms with Crippen molar-refractivity contribution in [1.82, 2.24) is 9.80 Å². The van der Waals surface area contributed by atoms with Crippen LogP contribution in [-0.2, 0) is 47.6 Å². The smallest absolute Gasteiger partial charge is 0.256 e. The van der Waals surface area contributed by atoms with E-state index in [0.29, 0.717) is 0 Å². The van der Waals surface area contributed by atoms with Crippen LogP contribution in [-0.4, -0.2) is 165 Å². The van der Waals surface area contributed by atoms with Crippen molar-refractivity contribution < 1.29 is 62.9 Å². The number of aliphatic hydroxyl groups is 3. The second-order valence-corrected chi connectivity index (χ2v) is 10.2. The monoisotopic (exact) mass is 631 g/mol. The lowest BCUT2D eigenvalue weighted by Gasteiger charge is -2.20. The van der Waals surface area contributed by atoms with Crippen LogP contribution in [0.5, 0.6) is 0 Å². The Morgan fingerprint density at radius 1 is 0.614 bits per heavy atom. The van der Waals surface area contributed by atoms with E-state index in [1.807, 2.05) is 0 Å². The number of likely N-dealkylation sites (tertiary alicyclic amines) is 2. The molecule has 3 atom stereocenters. The zero-order valence-electron chi connectivity index (χ0n) is 24.9. The number of hydrogen-bond donors (Lipinski definition) is 4. The van der Waals surface area contributed by atoms with E-state index in [0.717, 1.165) is 9.80 Å². The fraction of sp³-hybridized carbons (Fsp3) is 0.714. The van der Waals surface area contributed by atoms with Gasteiger partial charge in [-0.1, -0.05) is 13.2 Å². The lowest BCUT2D eigenvalue weighted by molar-refractivity contribution is -0.141. The van der Waals surface area contributed by atoms with Crippen LogP contribution in [0.3, 0.4) is 0 Å². The molecule has 0 aromatic carbocycles. The van der Waals surface area contributed by atoms with Gasteiger partial charge in [-0.3, -0.25) is 29.0 Å². The highest BCUT2D eigenvalue weighted by atomic mass is 16.6. The lowest BCUT2D eigenvalue weighted by Crippen LogP contribution is -2.38. The maximum absolute atomic E-state index is 11.9. The van der Waals surface area contributed by atoms with Gasteiger partial charge in [0.1, 0.15) is 6.10 Å². The van der Waals surface area contributed by atoms with E-state index < -0.39 is 48.0 Å². The number of aliphatic hydroxyl groups excluding tert-OH is 3. The molecule has 0 saturated carbocycles. The van der Waals surface area contributed by atoms with Crippen LogP contribution < -0.4 is 5.73 Å². The molecule has 0 aromatic heterocycles. The Hall–Kier alpha value is -2.64. The molecular formula is C28H45N3O13. The normalized spacial score (nSPS) is 18.5. The predicted molar refractivity (Wildman–Crippen MR) is 152 cm³/mol. The highest BCUT2D eigenvalue weighted by Crippen LogP contribution is 2.17. The molecule has 4 amide bonds. The topological polar surface area (TPSA) is 217 Å². The summed E-state index contributed by atoms with van der Waals surface area (Å²) in [6.45, 7) is 7.96. The molecule has 2 fully saturated rings. The molecule has 16 nitrogen and oxygen atoms in total. The van der Waals surface area contributed by atoms with Crippen molar-refractivity contribution in [2.24, 2.45) is 5.73 Å². The van der Waals surface area contributed by atoms with Crippen molar-refractivity contribution in [1.29, 1.82) is 0 Å². The van der Waals surface area contributed by atoms with E-state index in [4.69, 9.17) is 34.2 Å². The molecule has 0 spiro atoms. The molecule has 2 aliphatic heterocycles. The Bertz CT molecular complexity index is 912. The maximum Gasteiger partial charge on any atom is 0.256 e. The molecule has 2 saturated heterocycles. The first-order chi connectivity index (χ1) is 21.0. The third-order valence-corrected chi connectivity index (χ3v) is 6.35. The third-order valence-electron chi connectivity index (χ3n) is 6.35. The quantitative estimate of drug-likeness (QED) is 0.0453. The number of hydrogen-bond acceptors (Lipinski definition) is 14. The lowest BCUT2D eigenvalue weighted by atomic mass is 10.3. The van der Waals surface area contributed by atoms with E-state index in [1.54, 1.807) is 0 Å². The number of ether oxygens (including phenoxy) is 6. The molecule has 0 radical (unpaired) electrons. The largest absolute Gasteiger partial charge is 0.389 e. The van der Waals surface area contributed by atoms with E-state index in [-0.39, 0.29) is 116 Å². The molecule has 0 bridgehead atoms. The first-order valence-electron chi connectivity index (χ1n) is 14.3. The average Bonchev–Trinajstić information content (AvgIpc) is 3.37. The van der Waals surface area contributed by atoms with Crippen molar-refractivity contribution in [2.45, 2.75) is 37.3 Å². The second kappa shape index (κ2) is 20.4. The van der Waals surface area contributed by atoms with Crippen LogP contribution in [0.15, 0.2) is 24.3 Å². The SMILES string of the molecule is C=C1CC(=O)N(CC(O)COCCOCC(COCCOCC(O)CN2C(=O)CC(=C)C2=O)OCCOCC(O)CN)C1=O. The van der Waals surface area contributed by atoms with Gasteiger partial charge >= 0.3 is 0 Å². The Kier molecular flexibility index (Phi) is 17.4. The van der Waals surface area contributed by atoms with Crippen LogP contribution in [0.1, 0.15) is 12.8 Å². The minimum Gasteiger partial charge on any atom is -0.389 e. The van der Waals surface area contributed by atoms with Gasteiger partial charge in [-0.15, -0.1) is 0 Å². The van der Waals surface area contributed by atoms with Gasteiger partial charge in [0.2, 0.25) is 11.8 Å². The summed E-state index contributed by atoms with van der Waals surface area (Å²) in [4.78, 5) is 49.2. The van der Waals surface area contributed by atoms with Gasteiger partial charge in [-0.25, -0.2) is 0 Å². The number of rotatable bonds is 25. The highest BCUT2D eigenvalue weighted by molar-refractivity contribution is 6.13. The molecule has 2 rings (SSSR count). The van der Waals surface area contributed by atoms with Crippen LogP contribution in [0.25, 0.3) is 0 Å². The number of carbonyl (C=O) groups excluding carboxylic acids is 4. The Labute approximate surface area is 256 Å². The van der Waals surface area contributed by atoms with E-state index in [9.17, 15) is 34.5 Å². The number of amides is 4. The zero-order valence-corrected chi connectivity index (χ0v) is 24.9. The van der Waals surface area contributed by atoms with Crippen LogP contribution in [0.2, 0.25) is 0 Å². The van der Waals surface area contributed by atoms with Gasteiger partial charge in [-0.05, 0) is 0 Å². The molecule has 3 unspecified atom stereocenters. The third kappa shape index (κ3) is 13.6. The fourth-order valence-corrected chi connectivity index (χ4v) is 4.02. The van der Waals surface area contributed by atoms with Gasteiger partial charge in [0.05, 0.1) is 117 Å². The average molecular weight is 632 g/mol. The summed E-state index contributed by atoms with van der Waals surface area (Å²) in [6, 6.07) is 0. The fourth-order valence-electron chi connectivity index (χ4n) is 4.02. The van der Waals surface area contributed by atoms with Crippen LogP contribution in [0, 0.1) is 0 Å². The summed E-state index contributed by atoms with van der Waals surface area (Å²) in [6.07, 6.45) is -3.45. The van der Waals surface area contributed by atoms with Crippen molar-refractivity contribution in [3.8, 4) is 0 Å². The van der Waals surface area contributed by atoms with Gasteiger partial charge < -0.3 is 49.5 Å². The summed E-state index contributed by atoms with van der Waals surface area (Å²) in [5, 5.41) is 29.6. The molecular weight excluding hydrogens is 586 g/mol. The van der Waals surface area contributed by atoms with Crippen molar-refractivity contribution in [2.75, 3.05) is 92.3 Å². The number of nitrogens with two attached hydrogens (primary N) is 1. The van der Waals surface area contributed by atoms with Crippen molar-refractivity contribution in [3.05, 3.63) is 24.3 Å². The predicted octanol–water partition coefficient (Wildman–Crippen LogP) is -2.87. The second-order valence-electron chi connectivity index (χ2n) is 10.2. The minimum atomic E-state index is -1.05. The van der Waals surface area contributed by atoms with Crippen LogP contribution in [0.4, 0.5) is 0 Å². The Morgan fingerprint density at radius 3 is 1.34 bits per heavy atom. The van der Waals surface area contributed by atoms with E-state index in [2.05, 4.69) is 13.2 Å².